The van der Waals surface area contributed by atoms with Crippen molar-refractivity contribution in [1.82, 2.24) is 0 Å². The molecule has 0 amide bonds. The van der Waals surface area contributed by atoms with Crippen LogP contribution in [0, 0.1) is 0 Å². The van der Waals surface area contributed by atoms with Crippen molar-refractivity contribution in [3.05, 3.63) is 23.1 Å². The quantitative estimate of drug-likeness (QED) is 0.560. The molecular formula is C9H7NOS2. The van der Waals surface area contributed by atoms with Crippen molar-refractivity contribution in [2.24, 2.45) is 0 Å². The molecule has 0 aliphatic heterocycles. The van der Waals surface area contributed by atoms with Crippen molar-refractivity contribution < 1.29 is 4.79 Å². The van der Waals surface area contributed by atoms with Crippen LogP contribution in [0.25, 0.3) is 10.1 Å². The second-order valence-electron chi connectivity index (χ2n) is 2.72. The molecule has 1 heterocycles. The highest BCUT2D eigenvalue weighted by atomic mass is 32.1. The lowest BCUT2D eigenvalue weighted by atomic mass is 10.2. The lowest BCUT2D eigenvalue weighted by Crippen LogP contribution is -1.84. The van der Waals surface area contributed by atoms with Gasteiger partial charge >= 0.3 is 0 Å². The van der Waals surface area contributed by atoms with E-state index < -0.39 is 0 Å². The molecule has 0 bridgehead atoms. The van der Waals surface area contributed by atoms with E-state index in [1.54, 1.807) is 6.07 Å². The summed E-state index contributed by atoms with van der Waals surface area (Å²) in [5, 5.41) is 2.80. The van der Waals surface area contributed by atoms with E-state index in [1.807, 2.05) is 11.4 Å². The van der Waals surface area contributed by atoms with Crippen LogP contribution in [0.5, 0.6) is 0 Å². The minimum Gasteiger partial charge on any atom is -0.398 e. The molecule has 0 radical (unpaired) electrons. The first kappa shape index (κ1) is 8.59. The Hall–Kier alpha value is -1.000. The molecule has 0 fully saturated rings. The lowest BCUT2D eigenvalue weighted by Gasteiger charge is -1.98. The maximum absolute atomic E-state index is 10.5. The number of thiophene rings is 1. The molecule has 0 atom stereocenters. The summed E-state index contributed by atoms with van der Waals surface area (Å²) in [4.78, 5) is 11.3. The molecular weight excluding hydrogens is 202 g/mol. The molecule has 0 saturated heterocycles. The number of rotatable bonds is 1. The van der Waals surface area contributed by atoms with Crippen LogP contribution in [0.15, 0.2) is 22.4 Å². The summed E-state index contributed by atoms with van der Waals surface area (Å²) in [6.45, 7) is 0. The average Bonchev–Trinajstić information content (AvgIpc) is 2.48. The molecule has 2 nitrogen and oxygen atoms in total. The summed E-state index contributed by atoms with van der Waals surface area (Å²) in [5.74, 6) is 0. The summed E-state index contributed by atoms with van der Waals surface area (Å²) < 4.78 is 1.01. The molecule has 2 N–H and O–H groups in total. The number of nitrogen functional groups attached to an aromatic ring is 1. The number of thiol groups is 1. The summed E-state index contributed by atoms with van der Waals surface area (Å²) in [6, 6.07) is 3.55. The zero-order valence-corrected chi connectivity index (χ0v) is 8.36. The average molecular weight is 209 g/mol. The molecule has 2 aromatic rings. The first-order valence-corrected chi connectivity index (χ1v) is 5.00. The fourth-order valence-electron chi connectivity index (χ4n) is 1.26. The van der Waals surface area contributed by atoms with Gasteiger partial charge in [0, 0.05) is 25.9 Å². The lowest BCUT2D eigenvalue weighted by molar-refractivity contribution is 0.112. The number of hydrogen-bond donors (Lipinski definition) is 2. The third-order valence-corrected chi connectivity index (χ3v) is 3.14. The second kappa shape index (κ2) is 3.05. The number of aldehydes is 1. The third kappa shape index (κ3) is 1.32. The van der Waals surface area contributed by atoms with Gasteiger partial charge in [0.25, 0.3) is 0 Å². The Balaban J connectivity index is 2.86. The molecule has 0 spiro atoms. The number of nitrogens with two attached hydrogens (primary N) is 1. The molecule has 2 rings (SSSR count). The van der Waals surface area contributed by atoms with Gasteiger partial charge in [0.05, 0.1) is 5.69 Å². The van der Waals surface area contributed by atoms with Gasteiger partial charge in [0.2, 0.25) is 0 Å². The summed E-state index contributed by atoms with van der Waals surface area (Å²) in [5.41, 5.74) is 7.10. The van der Waals surface area contributed by atoms with Crippen molar-refractivity contribution in [1.29, 1.82) is 0 Å². The van der Waals surface area contributed by atoms with E-state index in [-0.39, 0.29) is 0 Å². The van der Waals surface area contributed by atoms with Crippen molar-refractivity contribution >= 4 is 46.0 Å². The van der Waals surface area contributed by atoms with Gasteiger partial charge in [-0.05, 0) is 12.1 Å². The van der Waals surface area contributed by atoms with Gasteiger partial charge in [0.1, 0.15) is 6.29 Å². The Kier molecular flexibility index (Phi) is 2.01. The third-order valence-electron chi connectivity index (χ3n) is 1.84. The fraction of sp³-hybridized carbons (Fsp3) is 0. The maximum atomic E-state index is 10.5. The van der Waals surface area contributed by atoms with E-state index in [0.29, 0.717) is 5.56 Å². The minimum absolute atomic E-state index is 0.638. The Labute approximate surface area is 84.8 Å². The van der Waals surface area contributed by atoms with E-state index in [0.717, 1.165) is 27.0 Å². The Morgan fingerprint density at radius 3 is 2.92 bits per heavy atom. The second-order valence-corrected chi connectivity index (χ2v) is 4.12. The molecule has 1 aromatic carbocycles. The van der Waals surface area contributed by atoms with E-state index >= 15 is 0 Å². The highest BCUT2D eigenvalue weighted by molar-refractivity contribution is 7.80. The first-order chi connectivity index (χ1) is 6.22. The van der Waals surface area contributed by atoms with Crippen LogP contribution >= 0.6 is 24.0 Å². The van der Waals surface area contributed by atoms with Crippen LogP contribution in [-0.4, -0.2) is 6.29 Å². The van der Waals surface area contributed by atoms with E-state index in [2.05, 4.69) is 12.6 Å². The van der Waals surface area contributed by atoms with Crippen molar-refractivity contribution in [2.75, 3.05) is 5.73 Å². The Morgan fingerprint density at radius 1 is 1.46 bits per heavy atom. The number of anilines is 1. The van der Waals surface area contributed by atoms with Crippen molar-refractivity contribution in [3.8, 4) is 0 Å². The van der Waals surface area contributed by atoms with Crippen LogP contribution in [0.4, 0.5) is 5.69 Å². The SMILES string of the molecule is Nc1csc2cc(C=O)cc(S)c12. The topological polar surface area (TPSA) is 43.1 Å². The van der Waals surface area contributed by atoms with Crippen LogP contribution < -0.4 is 5.73 Å². The van der Waals surface area contributed by atoms with Crippen molar-refractivity contribution in [2.45, 2.75) is 4.90 Å². The molecule has 0 aliphatic rings. The molecule has 0 aliphatic carbocycles. The van der Waals surface area contributed by atoms with Crippen LogP contribution in [0.3, 0.4) is 0 Å². The van der Waals surface area contributed by atoms with Crippen LogP contribution in [0.2, 0.25) is 0 Å². The standard InChI is InChI=1S/C9H7NOS2/c10-6-4-13-8-2-5(3-11)1-7(12)9(6)8/h1-4,12H,10H2. The molecule has 0 unspecified atom stereocenters. The Morgan fingerprint density at radius 2 is 2.23 bits per heavy atom. The zero-order valence-electron chi connectivity index (χ0n) is 6.65. The van der Waals surface area contributed by atoms with Gasteiger partial charge in [-0.25, -0.2) is 0 Å². The maximum Gasteiger partial charge on any atom is 0.150 e. The number of fused-ring (bicyclic) bond motifs is 1. The molecule has 0 saturated carbocycles. The predicted octanol–water partition coefficient (Wildman–Crippen LogP) is 2.58. The highest BCUT2D eigenvalue weighted by Crippen LogP contribution is 2.33. The first-order valence-electron chi connectivity index (χ1n) is 3.67. The van der Waals surface area contributed by atoms with Crippen LogP contribution in [0.1, 0.15) is 10.4 Å². The van der Waals surface area contributed by atoms with Gasteiger partial charge in [-0.3, -0.25) is 4.79 Å². The normalized spacial score (nSPS) is 10.5. The summed E-state index contributed by atoms with van der Waals surface area (Å²) in [7, 11) is 0. The highest BCUT2D eigenvalue weighted by Gasteiger charge is 2.05. The molecule has 66 valence electrons. The van der Waals surface area contributed by atoms with Gasteiger partial charge in [-0.1, -0.05) is 0 Å². The van der Waals surface area contributed by atoms with Crippen molar-refractivity contribution in [3.63, 3.8) is 0 Å². The number of carbonyl (C=O) groups excluding carboxylic acids is 1. The predicted molar refractivity (Wildman–Crippen MR) is 58.9 cm³/mol. The van der Waals surface area contributed by atoms with E-state index in [4.69, 9.17) is 5.73 Å². The minimum atomic E-state index is 0.638. The molecule has 1 aromatic heterocycles. The molecule has 13 heavy (non-hydrogen) atoms. The zero-order chi connectivity index (χ0) is 9.42. The van der Waals surface area contributed by atoms with Gasteiger partial charge in [-0.2, -0.15) is 0 Å². The number of carbonyl (C=O) groups is 1. The van der Waals surface area contributed by atoms with E-state index in [1.165, 1.54) is 11.3 Å². The van der Waals surface area contributed by atoms with Gasteiger partial charge in [0.15, 0.2) is 0 Å². The van der Waals surface area contributed by atoms with Gasteiger partial charge in [-0.15, -0.1) is 24.0 Å². The van der Waals surface area contributed by atoms with Crippen LogP contribution in [-0.2, 0) is 0 Å². The summed E-state index contributed by atoms with van der Waals surface area (Å²) >= 11 is 5.80. The Bertz CT molecular complexity index is 476. The smallest absolute Gasteiger partial charge is 0.150 e. The number of hydrogen-bond acceptors (Lipinski definition) is 4. The largest absolute Gasteiger partial charge is 0.398 e. The van der Waals surface area contributed by atoms with E-state index in [9.17, 15) is 4.79 Å². The fourth-order valence-corrected chi connectivity index (χ4v) is 2.65. The van der Waals surface area contributed by atoms with Gasteiger partial charge < -0.3 is 5.73 Å². The monoisotopic (exact) mass is 209 g/mol. The number of benzene rings is 1. The molecule has 4 heteroatoms. The summed E-state index contributed by atoms with van der Waals surface area (Å²) in [6.07, 6.45) is 0.815.